The first-order chi connectivity index (χ1) is 22.8. The second-order valence-corrected chi connectivity index (χ2v) is 12.6. The van der Waals surface area contributed by atoms with E-state index in [-0.39, 0.29) is 23.0 Å². The molecule has 47 heavy (non-hydrogen) atoms. The van der Waals surface area contributed by atoms with E-state index in [9.17, 15) is 14.7 Å². The number of phenols is 1. The van der Waals surface area contributed by atoms with Gasteiger partial charge in [0.1, 0.15) is 0 Å². The molecule has 0 saturated heterocycles. The molecule has 10 heteroatoms. The summed E-state index contributed by atoms with van der Waals surface area (Å²) >= 11 is 7.38. The summed E-state index contributed by atoms with van der Waals surface area (Å²) in [5.74, 6) is -0.195. The standard InChI is InChI=1S/C37H29ClN4O4S/c1-22-33(35(44)40-27-8-4-3-5-9-27)34(24-14-17-30(43)31(18-24)46-2)42-36(45)32(47-37(42)39-22)19-25-21-41(29-11-7-6-10-28(25)29)20-23-12-15-26(38)16-13-23/h3-19,21,34,43H,20H2,1-2H3,(H,40,44)/b32-19-/t34-/m0/s1. The highest BCUT2D eigenvalue weighted by molar-refractivity contribution is 7.07. The van der Waals surface area contributed by atoms with E-state index in [1.165, 1.54) is 24.5 Å². The Hall–Kier alpha value is -5.38. The van der Waals surface area contributed by atoms with E-state index in [1.54, 1.807) is 35.8 Å². The van der Waals surface area contributed by atoms with Crippen molar-refractivity contribution in [2.24, 2.45) is 4.99 Å². The smallest absolute Gasteiger partial charge is 0.271 e. The van der Waals surface area contributed by atoms with Crippen molar-refractivity contribution in [3.05, 3.63) is 156 Å². The number of anilines is 1. The van der Waals surface area contributed by atoms with Gasteiger partial charge in [0.2, 0.25) is 0 Å². The van der Waals surface area contributed by atoms with Gasteiger partial charge in [-0.1, -0.05) is 77.5 Å². The van der Waals surface area contributed by atoms with Crippen LogP contribution < -0.4 is 24.9 Å². The first-order valence-electron chi connectivity index (χ1n) is 14.9. The molecule has 3 heterocycles. The first kappa shape index (κ1) is 30.3. The third-order valence-electron chi connectivity index (χ3n) is 8.19. The number of carbonyl (C=O) groups is 1. The lowest BCUT2D eigenvalue weighted by Gasteiger charge is -2.25. The number of hydrogen-bond acceptors (Lipinski definition) is 6. The van der Waals surface area contributed by atoms with Gasteiger partial charge in [-0.05, 0) is 66.6 Å². The van der Waals surface area contributed by atoms with Gasteiger partial charge in [-0.2, -0.15) is 0 Å². The van der Waals surface area contributed by atoms with E-state index >= 15 is 0 Å². The zero-order valence-electron chi connectivity index (χ0n) is 25.5. The van der Waals surface area contributed by atoms with Crippen LogP contribution in [-0.2, 0) is 11.3 Å². The van der Waals surface area contributed by atoms with Crippen LogP contribution in [0.4, 0.5) is 5.69 Å². The summed E-state index contributed by atoms with van der Waals surface area (Å²) < 4.78 is 9.59. The van der Waals surface area contributed by atoms with Gasteiger partial charge in [0.05, 0.1) is 29.0 Å². The van der Waals surface area contributed by atoms with Crippen molar-refractivity contribution in [2.75, 3.05) is 12.4 Å². The first-order valence-corrected chi connectivity index (χ1v) is 16.1. The zero-order chi connectivity index (χ0) is 32.7. The molecule has 0 spiro atoms. The van der Waals surface area contributed by atoms with Crippen LogP contribution in [0.1, 0.15) is 29.7 Å². The number of para-hydroxylation sites is 2. The average molecular weight is 661 g/mol. The molecule has 6 aromatic rings. The van der Waals surface area contributed by atoms with Gasteiger partial charge in [-0.3, -0.25) is 14.2 Å². The van der Waals surface area contributed by atoms with E-state index in [1.807, 2.05) is 72.9 Å². The highest BCUT2D eigenvalue weighted by Gasteiger charge is 2.33. The molecule has 7 rings (SSSR count). The van der Waals surface area contributed by atoms with Crippen LogP contribution in [0.5, 0.6) is 11.5 Å². The molecule has 1 aliphatic heterocycles. The van der Waals surface area contributed by atoms with Crippen LogP contribution in [0, 0.1) is 0 Å². The van der Waals surface area contributed by atoms with Gasteiger partial charge < -0.3 is 19.7 Å². The molecule has 0 unspecified atom stereocenters. The summed E-state index contributed by atoms with van der Waals surface area (Å²) in [5, 5.41) is 15.0. The molecule has 2 aromatic heterocycles. The van der Waals surface area contributed by atoms with Crippen molar-refractivity contribution in [3.63, 3.8) is 0 Å². The predicted molar refractivity (Wildman–Crippen MR) is 186 cm³/mol. The molecule has 0 saturated carbocycles. The Bertz CT molecular complexity index is 2370. The molecule has 2 N–H and O–H groups in total. The lowest BCUT2D eigenvalue weighted by molar-refractivity contribution is -0.113. The number of aromatic nitrogens is 2. The molecule has 0 bridgehead atoms. The number of fused-ring (bicyclic) bond motifs is 2. The minimum atomic E-state index is -0.821. The second kappa shape index (κ2) is 12.4. The van der Waals surface area contributed by atoms with Crippen molar-refractivity contribution in [1.29, 1.82) is 0 Å². The van der Waals surface area contributed by atoms with Crippen molar-refractivity contribution in [3.8, 4) is 11.5 Å². The summed E-state index contributed by atoms with van der Waals surface area (Å²) in [6.45, 7) is 2.40. The normalized spacial score (nSPS) is 14.6. The molecule has 1 atom stereocenters. The molecule has 0 fully saturated rings. The van der Waals surface area contributed by atoms with Crippen molar-refractivity contribution in [2.45, 2.75) is 19.5 Å². The SMILES string of the molecule is COc1cc([C@H]2C(C(=O)Nc3ccccc3)=C(C)N=c3s/c(=C\c4cn(Cc5ccc(Cl)cc5)c5ccccc45)c(=O)n32)ccc1O. The summed E-state index contributed by atoms with van der Waals surface area (Å²) in [6.07, 6.45) is 3.94. The van der Waals surface area contributed by atoms with Crippen molar-refractivity contribution < 1.29 is 14.6 Å². The summed E-state index contributed by atoms with van der Waals surface area (Å²) in [7, 11) is 1.46. The van der Waals surface area contributed by atoms with E-state index in [0.29, 0.717) is 43.4 Å². The van der Waals surface area contributed by atoms with Gasteiger partial charge in [0.25, 0.3) is 11.5 Å². The minimum Gasteiger partial charge on any atom is -0.504 e. The maximum Gasteiger partial charge on any atom is 0.271 e. The number of halogens is 1. The van der Waals surface area contributed by atoms with E-state index < -0.39 is 6.04 Å². The number of aromatic hydroxyl groups is 1. The fourth-order valence-corrected chi connectivity index (χ4v) is 7.12. The predicted octanol–water partition coefficient (Wildman–Crippen LogP) is 6.24. The number of rotatable bonds is 7. The van der Waals surface area contributed by atoms with Crippen LogP contribution in [0.2, 0.25) is 5.02 Å². The Morgan fingerprint density at radius 1 is 1.04 bits per heavy atom. The van der Waals surface area contributed by atoms with Gasteiger partial charge in [0, 0.05) is 39.9 Å². The maximum absolute atomic E-state index is 14.3. The minimum absolute atomic E-state index is 0.0466. The van der Waals surface area contributed by atoms with E-state index in [0.717, 1.165) is 22.0 Å². The largest absolute Gasteiger partial charge is 0.504 e. The summed E-state index contributed by atoms with van der Waals surface area (Å²) in [4.78, 5) is 33.5. The quantitative estimate of drug-likeness (QED) is 0.212. The van der Waals surface area contributed by atoms with E-state index in [4.69, 9.17) is 21.3 Å². The summed E-state index contributed by atoms with van der Waals surface area (Å²) in [6, 6.07) is 29.0. The number of carbonyl (C=O) groups excluding carboxylic acids is 1. The third-order valence-corrected chi connectivity index (χ3v) is 9.42. The fraction of sp³-hybridized carbons (Fsp3) is 0.108. The molecule has 8 nitrogen and oxygen atoms in total. The number of methoxy groups -OCH3 is 1. The molecule has 1 aliphatic rings. The van der Waals surface area contributed by atoms with Crippen LogP contribution >= 0.6 is 22.9 Å². The molecule has 0 radical (unpaired) electrons. The number of nitrogens with zero attached hydrogens (tertiary/aromatic N) is 3. The fourth-order valence-electron chi connectivity index (χ4n) is 5.96. The molecular weight excluding hydrogens is 632 g/mol. The lowest BCUT2D eigenvalue weighted by Crippen LogP contribution is -2.40. The number of ether oxygens (including phenoxy) is 1. The van der Waals surface area contributed by atoms with Gasteiger partial charge >= 0.3 is 0 Å². The van der Waals surface area contributed by atoms with E-state index in [2.05, 4.69) is 16.0 Å². The highest BCUT2D eigenvalue weighted by Crippen LogP contribution is 2.35. The Morgan fingerprint density at radius 3 is 2.55 bits per heavy atom. The molecule has 4 aromatic carbocycles. The third kappa shape index (κ3) is 5.75. The van der Waals surface area contributed by atoms with Crippen molar-refractivity contribution >= 4 is 51.5 Å². The Kier molecular flexibility index (Phi) is 8.01. The number of allylic oxidation sites excluding steroid dienone is 1. The topological polar surface area (TPSA) is 97.9 Å². The Balaban J connectivity index is 1.37. The van der Waals surface area contributed by atoms with Gasteiger partial charge in [-0.15, -0.1) is 0 Å². The lowest BCUT2D eigenvalue weighted by atomic mass is 9.94. The number of thiazole rings is 1. The Morgan fingerprint density at radius 2 is 1.79 bits per heavy atom. The number of benzene rings is 4. The number of nitrogens with one attached hydrogen (secondary N) is 1. The van der Waals surface area contributed by atoms with Crippen molar-refractivity contribution in [1.82, 2.24) is 9.13 Å². The second-order valence-electron chi connectivity index (χ2n) is 11.2. The zero-order valence-corrected chi connectivity index (χ0v) is 27.0. The van der Waals surface area contributed by atoms with Gasteiger partial charge in [-0.25, -0.2) is 4.99 Å². The molecular formula is C37H29ClN4O4S. The number of phenolic OH excluding ortho intramolecular Hbond substituents is 1. The van der Waals surface area contributed by atoms with Crippen LogP contribution in [0.3, 0.4) is 0 Å². The van der Waals surface area contributed by atoms with Gasteiger partial charge in [0.15, 0.2) is 16.3 Å². The average Bonchev–Trinajstić information content (AvgIpc) is 3.58. The Labute approximate surface area is 278 Å². The molecule has 1 amide bonds. The van der Waals surface area contributed by atoms with Crippen LogP contribution in [-0.4, -0.2) is 27.3 Å². The number of amides is 1. The molecule has 234 valence electrons. The highest BCUT2D eigenvalue weighted by atomic mass is 35.5. The monoisotopic (exact) mass is 660 g/mol. The summed E-state index contributed by atoms with van der Waals surface area (Å²) in [5.41, 5.74) is 4.77. The van der Waals surface area contributed by atoms with Crippen LogP contribution in [0.25, 0.3) is 17.0 Å². The molecule has 0 aliphatic carbocycles. The number of hydrogen-bond donors (Lipinski definition) is 2. The maximum atomic E-state index is 14.3. The van der Waals surface area contributed by atoms with Crippen LogP contribution in [0.15, 0.2) is 124 Å².